The van der Waals surface area contributed by atoms with E-state index in [0.29, 0.717) is 12.2 Å². The molecule has 0 saturated heterocycles. The molecule has 0 heterocycles. The van der Waals surface area contributed by atoms with E-state index in [1.54, 1.807) is 13.2 Å². The van der Waals surface area contributed by atoms with Crippen molar-refractivity contribution in [3.05, 3.63) is 35.1 Å². The molecule has 70 valence electrons. The lowest BCUT2D eigenvalue weighted by atomic mass is 10.1. The largest absolute Gasteiger partial charge is 0.389 e. The summed E-state index contributed by atoms with van der Waals surface area (Å²) in [6, 6.07) is 4.29. The highest BCUT2D eigenvalue weighted by molar-refractivity contribution is 7.80. The van der Waals surface area contributed by atoms with Crippen LogP contribution in [-0.4, -0.2) is 12.1 Å². The fourth-order valence-corrected chi connectivity index (χ4v) is 1.25. The number of benzene rings is 1. The Morgan fingerprint density at radius 1 is 1.62 bits per heavy atom. The zero-order valence-corrected chi connectivity index (χ0v) is 8.03. The summed E-state index contributed by atoms with van der Waals surface area (Å²) in [5, 5.41) is 0. The van der Waals surface area contributed by atoms with Gasteiger partial charge in [0.2, 0.25) is 0 Å². The monoisotopic (exact) mass is 199 g/mol. The minimum atomic E-state index is -0.345. The molecule has 0 fully saturated rings. The molecule has 1 aromatic carbocycles. The predicted molar refractivity (Wildman–Crippen MR) is 53.0 cm³/mol. The van der Waals surface area contributed by atoms with Crippen LogP contribution in [0.5, 0.6) is 0 Å². The van der Waals surface area contributed by atoms with Gasteiger partial charge in [-0.2, -0.15) is 0 Å². The van der Waals surface area contributed by atoms with Gasteiger partial charge in [-0.1, -0.05) is 18.3 Å². The van der Waals surface area contributed by atoms with Gasteiger partial charge in [-0.3, -0.25) is 0 Å². The molecule has 0 aliphatic rings. The van der Waals surface area contributed by atoms with Gasteiger partial charge in [0.25, 0.3) is 0 Å². The Labute approximate surface area is 81.5 Å². The van der Waals surface area contributed by atoms with Crippen LogP contribution in [0.2, 0.25) is 0 Å². The fourth-order valence-electron chi connectivity index (χ4n) is 1.06. The summed E-state index contributed by atoms with van der Waals surface area (Å²) in [4.78, 5) is 0.187. The molecule has 0 radical (unpaired) electrons. The molecule has 0 aromatic heterocycles. The molecule has 4 heteroatoms. The zero-order valence-electron chi connectivity index (χ0n) is 7.21. The second-order valence-corrected chi connectivity index (χ2v) is 3.04. The molecular formula is C9H10FNOS. The van der Waals surface area contributed by atoms with Crippen LogP contribution in [0.1, 0.15) is 11.1 Å². The molecule has 1 aromatic rings. The Morgan fingerprint density at radius 2 is 2.31 bits per heavy atom. The van der Waals surface area contributed by atoms with Crippen molar-refractivity contribution in [2.75, 3.05) is 7.11 Å². The van der Waals surface area contributed by atoms with Crippen molar-refractivity contribution in [1.82, 2.24) is 0 Å². The van der Waals surface area contributed by atoms with E-state index in [4.69, 9.17) is 22.7 Å². The van der Waals surface area contributed by atoms with Gasteiger partial charge < -0.3 is 10.5 Å². The van der Waals surface area contributed by atoms with Crippen molar-refractivity contribution in [3.8, 4) is 0 Å². The normalized spacial score (nSPS) is 10.0. The Kier molecular flexibility index (Phi) is 3.33. The van der Waals surface area contributed by atoms with Crippen LogP contribution in [0.15, 0.2) is 18.2 Å². The smallest absolute Gasteiger partial charge is 0.123 e. The molecule has 0 aliphatic heterocycles. The lowest BCUT2D eigenvalue weighted by Crippen LogP contribution is -2.13. The quantitative estimate of drug-likeness (QED) is 0.751. The van der Waals surface area contributed by atoms with Crippen molar-refractivity contribution >= 4 is 17.2 Å². The van der Waals surface area contributed by atoms with E-state index >= 15 is 0 Å². The SMILES string of the molecule is COCc1ccc(F)cc1C(N)=S. The van der Waals surface area contributed by atoms with E-state index in [0.717, 1.165) is 5.56 Å². The molecule has 1 rings (SSSR count). The molecule has 0 unspecified atom stereocenters. The van der Waals surface area contributed by atoms with Gasteiger partial charge in [-0.25, -0.2) is 4.39 Å². The van der Waals surface area contributed by atoms with E-state index in [1.165, 1.54) is 12.1 Å². The third kappa shape index (κ3) is 2.47. The van der Waals surface area contributed by atoms with Gasteiger partial charge in [0.05, 0.1) is 6.61 Å². The average molecular weight is 199 g/mol. The van der Waals surface area contributed by atoms with Gasteiger partial charge in [-0.15, -0.1) is 0 Å². The number of rotatable bonds is 3. The minimum Gasteiger partial charge on any atom is -0.389 e. The summed E-state index contributed by atoms with van der Waals surface area (Å²) in [6.07, 6.45) is 0. The number of halogens is 1. The highest BCUT2D eigenvalue weighted by Gasteiger charge is 2.05. The Morgan fingerprint density at radius 3 is 2.85 bits per heavy atom. The third-order valence-corrected chi connectivity index (χ3v) is 1.86. The Hall–Kier alpha value is -1.00. The van der Waals surface area contributed by atoms with Crippen LogP contribution in [0.25, 0.3) is 0 Å². The van der Waals surface area contributed by atoms with Crippen LogP contribution in [0.3, 0.4) is 0 Å². The number of ether oxygens (including phenoxy) is 1. The lowest BCUT2D eigenvalue weighted by Gasteiger charge is -2.06. The number of methoxy groups -OCH3 is 1. The van der Waals surface area contributed by atoms with Crippen molar-refractivity contribution in [2.45, 2.75) is 6.61 Å². The van der Waals surface area contributed by atoms with E-state index in [9.17, 15) is 4.39 Å². The van der Waals surface area contributed by atoms with Gasteiger partial charge in [-0.05, 0) is 17.7 Å². The second-order valence-electron chi connectivity index (χ2n) is 2.60. The highest BCUT2D eigenvalue weighted by Crippen LogP contribution is 2.12. The fraction of sp³-hybridized carbons (Fsp3) is 0.222. The van der Waals surface area contributed by atoms with Gasteiger partial charge >= 0.3 is 0 Å². The van der Waals surface area contributed by atoms with Gasteiger partial charge in [0.15, 0.2) is 0 Å². The maximum Gasteiger partial charge on any atom is 0.123 e. The Bertz CT molecular complexity index is 327. The summed E-state index contributed by atoms with van der Waals surface area (Å²) >= 11 is 4.78. The first-order chi connectivity index (χ1) is 6.15. The van der Waals surface area contributed by atoms with Crippen LogP contribution in [0.4, 0.5) is 4.39 Å². The van der Waals surface area contributed by atoms with E-state index < -0.39 is 0 Å². The number of hydrogen-bond acceptors (Lipinski definition) is 2. The van der Waals surface area contributed by atoms with Crippen molar-refractivity contribution < 1.29 is 9.13 Å². The zero-order chi connectivity index (χ0) is 9.84. The molecule has 0 spiro atoms. The van der Waals surface area contributed by atoms with Crippen LogP contribution < -0.4 is 5.73 Å². The first kappa shape index (κ1) is 10.1. The third-order valence-electron chi connectivity index (χ3n) is 1.64. The molecule has 0 bridgehead atoms. The van der Waals surface area contributed by atoms with E-state index in [2.05, 4.69) is 0 Å². The number of hydrogen-bond donors (Lipinski definition) is 1. The van der Waals surface area contributed by atoms with Crippen LogP contribution >= 0.6 is 12.2 Å². The Balaban J connectivity index is 3.10. The molecular weight excluding hydrogens is 189 g/mol. The molecule has 0 amide bonds. The predicted octanol–water partition coefficient (Wildman–Crippen LogP) is 1.61. The maximum atomic E-state index is 12.8. The minimum absolute atomic E-state index is 0.187. The first-order valence-corrected chi connectivity index (χ1v) is 4.13. The summed E-state index contributed by atoms with van der Waals surface area (Å²) in [6.45, 7) is 0.382. The highest BCUT2D eigenvalue weighted by atomic mass is 32.1. The summed E-state index contributed by atoms with van der Waals surface area (Å²) < 4.78 is 17.7. The van der Waals surface area contributed by atoms with Crippen molar-refractivity contribution in [1.29, 1.82) is 0 Å². The molecule has 13 heavy (non-hydrogen) atoms. The summed E-state index contributed by atoms with van der Waals surface area (Å²) in [5.74, 6) is -0.345. The molecule has 0 atom stereocenters. The van der Waals surface area contributed by atoms with Crippen LogP contribution in [-0.2, 0) is 11.3 Å². The molecule has 0 saturated carbocycles. The molecule has 0 aliphatic carbocycles. The molecule has 2 nitrogen and oxygen atoms in total. The van der Waals surface area contributed by atoms with Crippen molar-refractivity contribution in [3.63, 3.8) is 0 Å². The number of thiocarbonyl (C=S) groups is 1. The standard InChI is InChI=1S/C9H10FNOS/c1-12-5-6-2-3-7(10)4-8(6)9(11)13/h2-4H,5H2,1H3,(H2,11,13). The average Bonchev–Trinajstić information content (AvgIpc) is 2.08. The van der Waals surface area contributed by atoms with Crippen LogP contribution in [0, 0.1) is 5.82 Å². The molecule has 2 N–H and O–H groups in total. The first-order valence-electron chi connectivity index (χ1n) is 3.72. The van der Waals surface area contributed by atoms with E-state index in [-0.39, 0.29) is 10.8 Å². The summed E-state index contributed by atoms with van der Waals surface area (Å²) in [7, 11) is 1.56. The van der Waals surface area contributed by atoms with Crippen molar-refractivity contribution in [2.24, 2.45) is 5.73 Å². The number of nitrogens with two attached hydrogens (primary N) is 1. The van der Waals surface area contributed by atoms with Gasteiger partial charge in [0.1, 0.15) is 10.8 Å². The van der Waals surface area contributed by atoms with Gasteiger partial charge in [0, 0.05) is 12.7 Å². The second kappa shape index (κ2) is 4.30. The lowest BCUT2D eigenvalue weighted by molar-refractivity contribution is 0.184. The maximum absolute atomic E-state index is 12.8. The topological polar surface area (TPSA) is 35.2 Å². The van der Waals surface area contributed by atoms with E-state index in [1.807, 2.05) is 0 Å². The summed E-state index contributed by atoms with van der Waals surface area (Å²) in [5.41, 5.74) is 6.76.